The van der Waals surface area contributed by atoms with Gasteiger partial charge < -0.3 is 4.98 Å². The Hall–Kier alpha value is -1.12. The van der Waals surface area contributed by atoms with Crippen LogP contribution in [0.2, 0.25) is 0 Å². The number of hydrogen-bond acceptors (Lipinski definition) is 2. The number of hydrogen-bond donors (Lipinski definition) is 1. The molecule has 1 fully saturated rings. The number of nitrogens with one attached hydrogen (secondary N) is 1. The molecule has 0 aromatic carbocycles. The summed E-state index contributed by atoms with van der Waals surface area (Å²) < 4.78 is 0. The fourth-order valence-corrected chi connectivity index (χ4v) is 2.99. The second kappa shape index (κ2) is 5.68. The van der Waals surface area contributed by atoms with E-state index in [2.05, 4.69) is 16.9 Å². The molecule has 0 bridgehead atoms. The number of aromatic nitrogens is 2. The highest BCUT2D eigenvalue weighted by Gasteiger charge is 2.23. The molecule has 100 valence electrons. The Kier molecular flexibility index (Phi) is 4.20. The van der Waals surface area contributed by atoms with E-state index in [0.29, 0.717) is 5.92 Å². The lowest BCUT2D eigenvalue weighted by molar-refractivity contribution is 0.302. The highest BCUT2D eigenvalue weighted by Crippen LogP contribution is 2.35. The second-order valence-corrected chi connectivity index (χ2v) is 5.67. The Balaban J connectivity index is 2.08. The van der Waals surface area contributed by atoms with Crippen molar-refractivity contribution in [1.29, 1.82) is 0 Å². The van der Waals surface area contributed by atoms with Crippen LogP contribution in [0.5, 0.6) is 0 Å². The van der Waals surface area contributed by atoms with Crippen molar-refractivity contribution in [2.75, 3.05) is 0 Å². The maximum Gasteiger partial charge on any atom is 0.254 e. The summed E-state index contributed by atoms with van der Waals surface area (Å²) in [6.45, 7) is 6.02. The van der Waals surface area contributed by atoms with Crippen molar-refractivity contribution >= 4 is 0 Å². The van der Waals surface area contributed by atoms with Gasteiger partial charge >= 0.3 is 0 Å². The van der Waals surface area contributed by atoms with E-state index in [4.69, 9.17) is 0 Å². The molecule has 0 saturated heterocycles. The quantitative estimate of drug-likeness (QED) is 0.890. The topological polar surface area (TPSA) is 45.8 Å². The van der Waals surface area contributed by atoms with Gasteiger partial charge in [0.25, 0.3) is 5.56 Å². The van der Waals surface area contributed by atoms with E-state index >= 15 is 0 Å². The maximum absolute atomic E-state index is 11.8. The predicted octanol–water partition coefficient (Wildman–Crippen LogP) is 3.46. The van der Waals surface area contributed by atoms with Gasteiger partial charge in [0.2, 0.25) is 0 Å². The van der Waals surface area contributed by atoms with E-state index in [0.717, 1.165) is 23.0 Å². The number of rotatable bonds is 3. The first-order valence-corrected chi connectivity index (χ1v) is 7.19. The average molecular weight is 248 g/mol. The summed E-state index contributed by atoms with van der Waals surface area (Å²) >= 11 is 0. The van der Waals surface area contributed by atoms with Gasteiger partial charge in [-0.1, -0.05) is 19.8 Å². The van der Waals surface area contributed by atoms with Crippen molar-refractivity contribution in [3.8, 4) is 0 Å². The fourth-order valence-electron chi connectivity index (χ4n) is 2.99. The Bertz CT molecular complexity index is 456. The highest BCUT2D eigenvalue weighted by molar-refractivity contribution is 5.15. The summed E-state index contributed by atoms with van der Waals surface area (Å²) in [6, 6.07) is 0. The minimum absolute atomic E-state index is 0.0354. The SMILES string of the molecule is CCCC1CCC(c2nc(C)c(C)c(=O)[nH]2)CC1. The third-order valence-electron chi connectivity index (χ3n) is 4.34. The molecule has 1 saturated carbocycles. The molecule has 1 aromatic rings. The van der Waals surface area contributed by atoms with Gasteiger partial charge in [-0.05, 0) is 45.4 Å². The van der Waals surface area contributed by atoms with Crippen LogP contribution in [-0.4, -0.2) is 9.97 Å². The molecule has 0 spiro atoms. The monoisotopic (exact) mass is 248 g/mol. The van der Waals surface area contributed by atoms with Gasteiger partial charge in [-0.2, -0.15) is 0 Å². The molecule has 3 nitrogen and oxygen atoms in total. The fraction of sp³-hybridized carbons (Fsp3) is 0.733. The Morgan fingerprint density at radius 3 is 2.44 bits per heavy atom. The van der Waals surface area contributed by atoms with E-state index in [1.165, 1.54) is 38.5 Å². The first-order valence-electron chi connectivity index (χ1n) is 7.19. The summed E-state index contributed by atoms with van der Waals surface area (Å²) in [5.41, 5.74) is 1.66. The first-order chi connectivity index (χ1) is 8.61. The minimum atomic E-state index is 0.0354. The molecule has 0 aliphatic heterocycles. The summed E-state index contributed by atoms with van der Waals surface area (Å²) in [7, 11) is 0. The van der Waals surface area contributed by atoms with Crippen LogP contribution in [-0.2, 0) is 0 Å². The van der Waals surface area contributed by atoms with Gasteiger partial charge in [0.1, 0.15) is 5.82 Å². The van der Waals surface area contributed by atoms with Crippen molar-refractivity contribution in [3.63, 3.8) is 0 Å². The van der Waals surface area contributed by atoms with Gasteiger partial charge in [-0.3, -0.25) is 4.79 Å². The lowest BCUT2D eigenvalue weighted by Gasteiger charge is -2.27. The maximum atomic E-state index is 11.8. The molecule has 1 aromatic heterocycles. The molecule has 0 radical (unpaired) electrons. The van der Waals surface area contributed by atoms with Crippen LogP contribution >= 0.6 is 0 Å². The molecule has 1 heterocycles. The lowest BCUT2D eigenvalue weighted by Crippen LogP contribution is -2.21. The molecule has 0 unspecified atom stereocenters. The Morgan fingerprint density at radius 2 is 1.89 bits per heavy atom. The normalized spacial score (nSPS) is 24.2. The number of H-pyrrole nitrogens is 1. The summed E-state index contributed by atoms with van der Waals surface area (Å²) in [4.78, 5) is 19.3. The second-order valence-electron chi connectivity index (χ2n) is 5.67. The summed E-state index contributed by atoms with van der Waals surface area (Å²) in [5, 5.41) is 0. The van der Waals surface area contributed by atoms with E-state index in [1.54, 1.807) is 0 Å². The predicted molar refractivity (Wildman–Crippen MR) is 73.9 cm³/mol. The molecular formula is C15H24N2O. The molecule has 0 atom stereocenters. The number of aromatic amines is 1. The van der Waals surface area contributed by atoms with Gasteiger partial charge in [-0.15, -0.1) is 0 Å². The van der Waals surface area contributed by atoms with Crippen LogP contribution in [0.3, 0.4) is 0 Å². The third-order valence-corrected chi connectivity index (χ3v) is 4.34. The van der Waals surface area contributed by atoms with Crippen LogP contribution in [0.1, 0.15) is 68.4 Å². The van der Waals surface area contributed by atoms with Gasteiger partial charge in [0, 0.05) is 17.2 Å². The zero-order valence-corrected chi connectivity index (χ0v) is 11.8. The average Bonchev–Trinajstić information content (AvgIpc) is 2.37. The van der Waals surface area contributed by atoms with Crippen LogP contribution in [0.15, 0.2) is 4.79 Å². The van der Waals surface area contributed by atoms with Crippen LogP contribution < -0.4 is 5.56 Å². The highest BCUT2D eigenvalue weighted by atomic mass is 16.1. The number of nitrogens with zero attached hydrogens (tertiary/aromatic N) is 1. The molecule has 1 N–H and O–H groups in total. The molecule has 2 rings (SSSR count). The summed E-state index contributed by atoms with van der Waals surface area (Å²) in [5.74, 6) is 2.27. The molecule has 3 heteroatoms. The van der Waals surface area contributed by atoms with Crippen molar-refractivity contribution in [3.05, 3.63) is 27.4 Å². The van der Waals surface area contributed by atoms with E-state index < -0.39 is 0 Å². The van der Waals surface area contributed by atoms with Crippen LogP contribution in [0, 0.1) is 19.8 Å². The smallest absolute Gasteiger partial charge is 0.254 e. The standard InChI is InChI=1S/C15H24N2O/c1-4-5-12-6-8-13(9-7-12)14-16-11(3)10(2)15(18)17-14/h12-13H,4-9H2,1-3H3,(H,16,17,18). The molecule has 1 aliphatic carbocycles. The van der Waals surface area contributed by atoms with Crippen LogP contribution in [0.25, 0.3) is 0 Å². The van der Waals surface area contributed by atoms with Gasteiger partial charge in [0.05, 0.1) is 0 Å². The van der Waals surface area contributed by atoms with Crippen molar-refractivity contribution < 1.29 is 0 Å². The van der Waals surface area contributed by atoms with E-state index in [-0.39, 0.29) is 5.56 Å². The molecule has 18 heavy (non-hydrogen) atoms. The Morgan fingerprint density at radius 1 is 1.22 bits per heavy atom. The van der Waals surface area contributed by atoms with E-state index in [9.17, 15) is 4.79 Å². The summed E-state index contributed by atoms with van der Waals surface area (Å²) in [6.07, 6.45) is 7.56. The van der Waals surface area contributed by atoms with Crippen molar-refractivity contribution in [2.24, 2.45) is 5.92 Å². The Labute approximate surface area is 109 Å². The van der Waals surface area contributed by atoms with Gasteiger partial charge in [-0.25, -0.2) is 4.98 Å². The zero-order chi connectivity index (χ0) is 13.1. The van der Waals surface area contributed by atoms with Crippen molar-refractivity contribution in [1.82, 2.24) is 9.97 Å². The zero-order valence-electron chi connectivity index (χ0n) is 11.8. The van der Waals surface area contributed by atoms with Crippen LogP contribution in [0.4, 0.5) is 0 Å². The largest absolute Gasteiger partial charge is 0.310 e. The van der Waals surface area contributed by atoms with Crippen molar-refractivity contribution in [2.45, 2.75) is 65.2 Å². The first kappa shape index (κ1) is 13.3. The van der Waals surface area contributed by atoms with E-state index in [1.807, 2.05) is 13.8 Å². The molecule has 0 amide bonds. The minimum Gasteiger partial charge on any atom is -0.310 e. The lowest BCUT2D eigenvalue weighted by atomic mass is 9.80. The molecular weight excluding hydrogens is 224 g/mol. The molecule has 1 aliphatic rings. The number of aryl methyl sites for hydroxylation is 1. The third kappa shape index (κ3) is 2.82. The van der Waals surface area contributed by atoms with Gasteiger partial charge in [0.15, 0.2) is 0 Å².